The summed E-state index contributed by atoms with van der Waals surface area (Å²) in [7, 11) is 0. The van der Waals surface area contributed by atoms with Gasteiger partial charge in [0.2, 0.25) is 0 Å². The lowest BCUT2D eigenvalue weighted by atomic mass is 10.0. The lowest BCUT2D eigenvalue weighted by Gasteiger charge is -2.18. The third-order valence-electron chi connectivity index (χ3n) is 9.30. The van der Waals surface area contributed by atoms with Crippen molar-refractivity contribution in [3.63, 3.8) is 0 Å². The van der Waals surface area contributed by atoms with Gasteiger partial charge in [0.15, 0.2) is 6.10 Å². The predicted octanol–water partition coefficient (Wildman–Crippen LogP) is 14.3. The van der Waals surface area contributed by atoms with Gasteiger partial charge in [-0.05, 0) is 64.2 Å². The molecule has 0 aliphatic carbocycles. The number of carbonyl (C=O) groups is 3. The Morgan fingerprint density at radius 1 is 0.400 bits per heavy atom. The number of ether oxygens (including phenoxy) is 3. The van der Waals surface area contributed by atoms with Gasteiger partial charge in [-0.2, -0.15) is 0 Å². The van der Waals surface area contributed by atoms with Crippen LogP contribution in [-0.2, 0) is 28.6 Å². The van der Waals surface area contributed by atoms with Gasteiger partial charge >= 0.3 is 17.9 Å². The van der Waals surface area contributed by atoms with E-state index >= 15 is 0 Å². The first-order valence-electron chi connectivity index (χ1n) is 22.5. The Morgan fingerprint density at radius 2 is 0.800 bits per heavy atom. The van der Waals surface area contributed by atoms with Crippen LogP contribution in [0.5, 0.6) is 0 Å². The monoisotopic (exact) mass is 767 g/mol. The fourth-order valence-corrected chi connectivity index (χ4v) is 5.96. The number of esters is 3. The van der Waals surface area contributed by atoms with Crippen molar-refractivity contribution in [1.29, 1.82) is 0 Å². The molecule has 1 atom stereocenters. The minimum absolute atomic E-state index is 0.101. The van der Waals surface area contributed by atoms with Crippen LogP contribution in [-0.4, -0.2) is 37.2 Å². The topological polar surface area (TPSA) is 78.9 Å². The largest absolute Gasteiger partial charge is 0.462 e. The highest BCUT2D eigenvalue weighted by Crippen LogP contribution is 2.14. The first-order valence-corrected chi connectivity index (χ1v) is 22.5. The molecule has 6 heteroatoms. The Labute approximate surface area is 338 Å². The van der Waals surface area contributed by atoms with Crippen molar-refractivity contribution in [2.24, 2.45) is 0 Å². The molecule has 6 nitrogen and oxygen atoms in total. The summed E-state index contributed by atoms with van der Waals surface area (Å²) in [5.41, 5.74) is 0. The van der Waals surface area contributed by atoms with Gasteiger partial charge in [0.25, 0.3) is 0 Å². The second-order valence-electron chi connectivity index (χ2n) is 14.6. The molecule has 0 bridgehead atoms. The van der Waals surface area contributed by atoms with Crippen molar-refractivity contribution in [1.82, 2.24) is 0 Å². The standard InChI is InChI=1S/C49H82O6/c1-4-7-10-13-16-19-21-23-24-26-27-30-33-36-39-42-48(51)54-45-46(44-53-47(50)41-38-35-32-29-18-15-12-9-6-3)55-49(52)43-40-37-34-31-28-25-22-20-17-14-11-8-5-2/h8-9,11-12,14,17-18,20,22,25,28-29,46H,4-7,10,13,15-16,19,21,23-24,26-27,30-45H2,1-3H3/b11-8-,12-9-,17-14-,22-20-,28-25-,29-18-. The molecule has 0 aliphatic rings. The number of allylic oxidation sites excluding steroid dienone is 12. The van der Waals surface area contributed by atoms with Gasteiger partial charge in [0.1, 0.15) is 13.2 Å². The van der Waals surface area contributed by atoms with Crippen molar-refractivity contribution >= 4 is 17.9 Å². The van der Waals surface area contributed by atoms with E-state index in [0.29, 0.717) is 19.3 Å². The summed E-state index contributed by atoms with van der Waals surface area (Å²) >= 11 is 0. The van der Waals surface area contributed by atoms with E-state index in [9.17, 15) is 14.4 Å². The fraction of sp³-hybridized carbons (Fsp3) is 0.694. The Hall–Kier alpha value is -3.15. The average Bonchev–Trinajstić information content (AvgIpc) is 3.18. The zero-order chi connectivity index (χ0) is 40.1. The molecule has 0 saturated heterocycles. The Kier molecular flexibility index (Phi) is 41.1. The number of unbranched alkanes of at least 4 members (excludes halogenated alkanes) is 19. The van der Waals surface area contributed by atoms with Crippen LogP contribution in [0.25, 0.3) is 0 Å². The molecule has 55 heavy (non-hydrogen) atoms. The summed E-state index contributed by atoms with van der Waals surface area (Å²) in [6.45, 7) is 6.29. The maximum absolute atomic E-state index is 12.7. The van der Waals surface area contributed by atoms with Gasteiger partial charge in [0.05, 0.1) is 0 Å². The van der Waals surface area contributed by atoms with E-state index in [1.54, 1.807) is 0 Å². The molecule has 0 amide bonds. The van der Waals surface area contributed by atoms with Crippen LogP contribution in [0.1, 0.15) is 201 Å². The first kappa shape index (κ1) is 51.9. The van der Waals surface area contributed by atoms with Gasteiger partial charge in [-0.1, -0.05) is 190 Å². The molecule has 1 unspecified atom stereocenters. The molecule has 0 heterocycles. The minimum Gasteiger partial charge on any atom is -0.462 e. The lowest BCUT2D eigenvalue weighted by molar-refractivity contribution is -0.167. The van der Waals surface area contributed by atoms with Crippen molar-refractivity contribution < 1.29 is 28.6 Å². The molecule has 0 aromatic heterocycles. The van der Waals surface area contributed by atoms with Crippen LogP contribution < -0.4 is 0 Å². The second-order valence-corrected chi connectivity index (χ2v) is 14.6. The zero-order valence-electron chi connectivity index (χ0n) is 35.7. The summed E-state index contributed by atoms with van der Waals surface area (Å²) in [4.78, 5) is 37.6. The van der Waals surface area contributed by atoms with Crippen LogP contribution in [0.3, 0.4) is 0 Å². The quantitative estimate of drug-likeness (QED) is 0.0204. The summed E-state index contributed by atoms with van der Waals surface area (Å²) < 4.78 is 16.6. The van der Waals surface area contributed by atoms with Crippen molar-refractivity contribution in [3.05, 3.63) is 72.9 Å². The summed E-state index contributed by atoms with van der Waals surface area (Å²) in [6.07, 6.45) is 53.3. The van der Waals surface area contributed by atoms with E-state index < -0.39 is 6.10 Å². The third kappa shape index (κ3) is 41.8. The van der Waals surface area contributed by atoms with Gasteiger partial charge in [0, 0.05) is 19.3 Å². The predicted molar refractivity (Wildman–Crippen MR) is 233 cm³/mol. The van der Waals surface area contributed by atoms with E-state index in [2.05, 4.69) is 57.2 Å². The summed E-state index contributed by atoms with van der Waals surface area (Å²) in [5, 5.41) is 0. The number of hydrogen-bond donors (Lipinski definition) is 0. The van der Waals surface area contributed by atoms with Crippen LogP contribution >= 0.6 is 0 Å². The van der Waals surface area contributed by atoms with E-state index in [1.807, 2.05) is 36.5 Å². The molecule has 0 aromatic rings. The van der Waals surface area contributed by atoms with E-state index in [4.69, 9.17) is 14.2 Å². The highest BCUT2D eigenvalue weighted by molar-refractivity contribution is 5.71. The average molecular weight is 767 g/mol. The molecule has 0 N–H and O–H groups in total. The van der Waals surface area contributed by atoms with E-state index in [1.165, 1.54) is 77.0 Å². The lowest BCUT2D eigenvalue weighted by Crippen LogP contribution is -2.30. The first-order chi connectivity index (χ1) is 27.0. The highest BCUT2D eigenvalue weighted by Gasteiger charge is 2.19. The van der Waals surface area contributed by atoms with Gasteiger partial charge < -0.3 is 14.2 Å². The second kappa shape index (κ2) is 43.6. The normalized spacial score (nSPS) is 12.7. The molecule has 0 aliphatic heterocycles. The highest BCUT2D eigenvalue weighted by atomic mass is 16.6. The summed E-state index contributed by atoms with van der Waals surface area (Å²) in [6, 6.07) is 0. The van der Waals surface area contributed by atoms with Crippen LogP contribution in [0.15, 0.2) is 72.9 Å². The Balaban J connectivity index is 4.43. The van der Waals surface area contributed by atoms with Crippen molar-refractivity contribution in [2.75, 3.05) is 13.2 Å². The molecular weight excluding hydrogens is 685 g/mol. The number of rotatable bonds is 39. The smallest absolute Gasteiger partial charge is 0.306 e. The molecule has 0 aromatic carbocycles. The van der Waals surface area contributed by atoms with E-state index in [0.717, 1.165) is 77.0 Å². The number of hydrogen-bond acceptors (Lipinski definition) is 6. The molecule has 0 spiro atoms. The zero-order valence-corrected chi connectivity index (χ0v) is 35.7. The Morgan fingerprint density at radius 3 is 1.35 bits per heavy atom. The van der Waals surface area contributed by atoms with Crippen molar-refractivity contribution in [3.8, 4) is 0 Å². The van der Waals surface area contributed by atoms with E-state index in [-0.39, 0.29) is 37.5 Å². The molecule has 0 radical (unpaired) electrons. The molecule has 0 fully saturated rings. The minimum atomic E-state index is -0.804. The molecule has 314 valence electrons. The fourth-order valence-electron chi connectivity index (χ4n) is 5.96. The van der Waals surface area contributed by atoms with Gasteiger partial charge in [-0.3, -0.25) is 14.4 Å². The van der Waals surface area contributed by atoms with Crippen LogP contribution in [0.4, 0.5) is 0 Å². The maximum atomic E-state index is 12.7. The van der Waals surface area contributed by atoms with Crippen LogP contribution in [0.2, 0.25) is 0 Å². The van der Waals surface area contributed by atoms with Gasteiger partial charge in [-0.15, -0.1) is 0 Å². The van der Waals surface area contributed by atoms with Gasteiger partial charge in [-0.25, -0.2) is 0 Å². The maximum Gasteiger partial charge on any atom is 0.306 e. The van der Waals surface area contributed by atoms with Crippen molar-refractivity contribution in [2.45, 2.75) is 207 Å². The molecule has 0 saturated carbocycles. The Bertz CT molecular complexity index is 1070. The third-order valence-corrected chi connectivity index (χ3v) is 9.30. The van der Waals surface area contributed by atoms with Crippen LogP contribution in [0, 0.1) is 0 Å². The molecule has 0 rings (SSSR count). The number of carbonyl (C=O) groups excluding carboxylic acids is 3. The molecular formula is C49H82O6. The SMILES string of the molecule is CC\C=C/C=C\C=C/C=C\CCCCCC(=O)OC(COC(=O)CCCC/C=C\C/C=C\CC)COC(=O)CCCCCCCCCCCCCCCCC. The summed E-state index contributed by atoms with van der Waals surface area (Å²) in [5.74, 6) is -0.984.